The van der Waals surface area contributed by atoms with Gasteiger partial charge >= 0.3 is 0 Å². The molecule has 0 aliphatic heterocycles. The number of methoxy groups -OCH3 is 2. The number of amides is 2. The van der Waals surface area contributed by atoms with E-state index in [1.165, 1.54) is 14.2 Å². The van der Waals surface area contributed by atoms with E-state index in [1.54, 1.807) is 18.2 Å². The van der Waals surface area contributed by atoms with Crippen LogP contribution in [0.4, 0.5) is 0 Å². The number of hydrogen-bond donors (Lipinski definition) is 2. The largest absolute Gasteiger partial charge is 0.496 e. The molecular weight excluding hydrogens is 320 g/mol. The average Bonchev–Trinajstić information content (AvgIpc) is 2.64. The summed E-state index contributed by atoms with van der Waals surface area (Å²) in [6.45, 7) is 2.27. The third-order valence-corrected chi connectivity index (χ3v) is 3.80. The second-order valence-electron chi connectivity index (χ2n) is 5.42. The van der Waals surface area contributed by atoms with Crippen molar-refractivity contribution in [3.8, 4) is 11.5 Å². The van der Waals surface area contributed by atoms with Crippen molar-refractivity contribution in [1.82, 2.24) is 10.6 Å². The van der Waals surface area contributed by atoms with Gasteiger partial charge in [-0.25, -0.2) is 0 Å². The first-order chi connectivity index (χ1) is 12.1. The van der Waals surface area contributed by atoms with E-state index in [4.69, 9.17) is 9.47 Å². The Bertz CT molecular complexity index is 737. The van der Waals surface area contributed by atoms with E-state index in [0.29, 0.717) is 18.0 Å². The molecule has 0 saturated carbocycles. The fourth-order valence-corrected chi connectivity index (χ4v) is 2.39. The highest BCUT2D eigenvalue weighted by Crippen LogP contribution is 2.27. The highest BCUT2D eigenvalue weighted by atomic mass is 16.5. The van der Waals surface area contributed by atoms with Gasteiger partial charge in [0.05, 0.1) is 20.8 Å². The Hall–Kier alpha value is -3.02. The van der Waals surface area contributed by atoms with Gasteiger partial charge in [-0.15, -0.1) is 0 Å². The van der Waals surface area contributed by atoms with E-state index < -0.39 is 5.91 Å². The smallest absolute Gasteiger partial charge is 0.259 e. The molecule has 0 saturated heterocycles. The van der Waals surface area contributed by atoms with Crippen molar-refractivity contribution in [2.75, 3.05) is 20.8 Å². The van der Waals surface area contributed by atoms with Gasteiger partial charge in [-0.1, -0.05) is 30.3 Å². The Balaban J connectivity index is 1.94. The summed E-state index contributed by atoms with van der Waals surface area (Å²) in [5.41, 5.74) is 2.40. The third kappa shape index (κ3) is 4.73. The Kier molecular flexibility index (Phi) is 6.39. The van der Waals surface area contributed by atoms with E-state index in [0.717, 1.165) is 11.1 Å². The standard InChI is InChI=1S/C19H22N2O4/c1-13-7-4-5-8-14(13)11-20-17(22)12-21-19(23)18-15(24-2)9-6-10-16(18)25-3/h4-10H,11-12H2,1-3H3,(H,20,22)(H,21,23). The number of benzene rings is 2. The maximum absolute atomic E-state index is 12.4. The van der Waals surface area contributed by atoms with Crippen LogP contribution in [0.25, 0.3) is 0 Å². The number of nitrogens with one attached hydrogen (secondary N) is 2. The molecule has 0 heterocycles. The molecule has 0 unspecified atom stereocenters. The van der Waals surface area contributed by atoms with Crippen LogP contribution in [0.2, 0.25) is 0 Å². The lowest BCUT2D eigenvalue weighted by atomic mass is 10.1. The normalized spacial score (nSPS) is 10.0. The van der Waals surface area contributed by atoms with Crippen LogP contribution in [0.3, 0.4) is 0 Å². The molecule has 0 aromatic heterocycles. The molecule has 0 atom stereocenters. The monoisotopic (exact) mass is 342 g/mol. The van der Waals surface area contributed by atoms with Gasteiger partial charge in [-0.2, -0.15) is 0 Å². The summed E-state index contributed by atoms with van der Waals surface area (Å²) in [7, 11) is 2.95. The number of carbonyl (C=O) groups excluding carboxylic acids is 2. The molecule has 6 heteroatoms. The molecule has 0 aliphatic rings. The minimum absolute atomic E-state index is 0.133. The molecule has 0 spiro atoms. The van der Waals surface area contributed by atoms with Gasteiger partial charge in [0.1, 0.15) is 17.1 Å². The highest BCUT2D eigenvalue weighted by Gasteiger charge is 2.18. The summed E-state index contributed by atoms with van der Waals surface area (Å²) >= 11 is 0. The third-order valence-electron chi connectivity index (χ3n) is 3.80. The molecule has 0 bridgehead atoms. The highest BCUT2D eigenvalue weighted by molar-refractivity contribution is 6.01. The van der Waals surface area contributed by atoms with Gasteiger partial charge < -0.3 is 20.1 Å². The van der Waals surface area contributed by atoms with E-state index in [1.807, 2.05) is 31.2 Å². The summed E-state index contributed by atoms with van der Waals surface area (Å²) < 4.78 is 10.4. The van der Waals surface area contributed by atoms with E-state index in [-0.39, 0.29) is 18.0 Å². The van der Waals surface area contributed by atoms with E-state index in [9.17, 15) is 9.59 Å². The molecule has 2 amide bonds. The quantitative estimate of drug-likeness (QED) is 0.807. The summed E-state index contributed by atoms with van der Waals surface area (Å²) in [5.74, 6) is 0.0696. The second-order valence-corrected chi connectivity index (χ2v) is 5.42. The van der Waals surface area contributed by atoms with Crippen LogP contribution in [0, 0.1) is 6.92 Å². The van der Waals surface area contributed by atoms with Crippen molar-refractivity contribution in [3.05, 3.63) is 59.2 Å². The summed E-state index contributed by atoms with van der Waals surface area (Å²) in [5, 5.41) is 5.38. The van der Waals surface area contributed by atoms with Crippen LogP contribution in [0.5, 0.6) is 11.5 Å². The van der Waals surface area contributed by atoms with Crippen LogP contribution < -0.4 is 20.1 Å². The van der Waals surface area contributed by atoms with E-state index in [2.05, 4.69) is 10.6 Å². The first-order valence-corrected chi connectivity index (χ1v) is 7.87. The molecule has 2 rings (SSSR count). The molecule has 6 nitrogen and oxygen atoms in total. The lowest BCUT2D eigenvalue weighted by Gasteiger charge is -2.13. The molecular formula is C19H22N2O4. The second kappa shape index (κ2) is 8.73. The Morgan fingerprint density at radius 2 is 1.56 bits per heavy atom. The van der Waals surface area contributed by atoms with Crippen LogP contribution in [0.1, 0.15) is 21.5 Å². The molecule has 0 aliphatic carbocycles. The first kappa shape index (κ1) is 18.3. The number of hydrogen-bond acceptors (Lipinski definition) is 4. The number of rotatable bonds is 7. The summed E-state index contributed by atoms with van der Waals surface area (Å²) in [6.07, 6.45) is 0. The molecule has 0 fully saturated rings. The average molecular weight is 342 g/mol. The Morgan fingerprint density at radius 3 is 2.16 bits per heavy atom. The number of ether oxygens (including phenoxy) is 2. The predicted octanol–water partition coefficient (Wildman–Crippen LogP) is 2.06. The zero-order chi connectivity index (χ0) is 18.2. The Morgan fingerprint density at radius 1 is 0.920 bits per heavy atom. The van der Waals surface area contributed by atoms with Crippen LogP contribution in [-0.2, 0) is 11.3 Å². The SMILES string of the molecule is COc1cccc(OC)c1C(=O)NCC(=O)NCc1ccccc1C. The first-order valence-electron chi connectivity index (χ1n) is 7.87. The van der Waals surface area contributed by atoms with Gasteiger partial charge in [-0.3, -0.25) is 9.59 Å². The van der Waals surface area contributed by atoms with Crippen molar-refractivity contribution in [3.63, 3.8) is 0 Å². The molecule has 0 radical (unpaired) electrons. The minimum Gasteiger partial charge on any atom is -0.496 e. The Labute approximate surface area is 147 Å². The minimum atomic E-state index is -0.430. The predicted molar refractivity (Wildman–Crippen MR) is 94.9 cm³/mol. The van der Waals surface area contributed by atoms with Crippen molar-refractivity contribution < 1.29 is 19.1 Å². The molecule has 25 heavy (non-hydrogen) atoms. The zero-order valence-corrected chi connectivity index (χ0v) is 14.6. The van der Waals surface area contributed by atoms with Gasteiger partial charge in [0.25, 0.3) is 5.91 Å². The topological polar surface area (TPSA) is 76.7 Å². The lowest BCUT2D eigenvalue weighted by molar-refractivity contribution is -0.120. The lowest BCUT2D eigenvalue weighted by Crippen LogP contribution is -2.37. The van der Waals surface area contributed by atoms with Gasteiger partial charge in [0.2, 0.25) is 5.91 Å². The summed E-state index contributed by atoms with van der Waals surface area (Å²) in [4.78, 5) is 24.4. The van der Waals surface area contributed by atoms with Gasteiger partial charge in [-0.05, 0) is 30.2 Å². The molecule has 2 aromatic carbocycles. The van der Waals surface area contributed by atoms with Crippen molar-refractivity contribution in [1.29, 1.82) is 0 Å². The maximum Gasteiger partial charge on any atom is 0.259 e. The van der Waals surface area contributed by atoms with E-state index >= 15 is 0 Å². The molecule has 2 N–H and O–H groups in total. The maximum atomic E-state index is 12.4. The number of aryl methyl sites for hydroxylation is 1. The van der Waals surface area contributed by atoms with Crippen molar-refractivity contribution in [2.24, 2.45) is 0 Å². The van der Waals surface area contributed by atoms with Gasteiger partial charge in [0.15, 0.2) is 0 Å². The fourth-order valence-electron chi connectivity index (χ4n) is 2.39. The van der Waals surface area contributed by atoms with Crippen LogP contribution >= 0.6 is 0 Å². The number of carbonyl (C=O) groups is 2. The van der Waals surface area contributed by atoms with Crippen LogP contribution in [0.15, 0.2) is 42.5 Å². The molecule has 2 aromatic rings. The molecule has 132 valence electrons. The van der Waals surface area contributed by atoms with Crippen LogP contribution in [-0.4, -0.2) is 32.6 Å². The zero-order valence-electron chi connectivity index (χ0n) is 14.6. The summed E-state index contributed by atoms with van der Waals surface area (Å²) in [6, 6.07) is 12.9. The van der Waals surface area contributed by atoms with Crippen molar-refractivity contribution >= 4 is 11.8 Å². The van der Waals surface area contributed by atoms with Gasteiger partial charge in [0, 0.05) is 6.54 Å². The van der Waals surface area contributed by atoms with Crippen molar-refractivity contribution in [2.45, 2.75) is 13.5 Å². The fraction of sp³-hybridized carbons (Fsp3) is 0.263.